The Hall–Kier alpha value is -0.740. The maximum atomic E-state index is 14.2. The average Bonchev–Trinajstić information content (AvgIpc) is 2.45. The highest BCUT2D eigenvalue weighted by Gasteiger charge is 2.19. The predicted octanol–water partition coefficient (Wildman–Crippen LogP) is 3.68. The summed E-state index contributed by atoms with van der Waals surface area (Å²) in [6.45, 7) is 4.21. The first-order valence-electron chi connectivity index (χ1n) is 7.29. The van der Waals surface area contributed by atoms with E-state index < -0.39 is 0 Å². The number of hydrogen-bond donors (Lipinski definition) is 1. The molecular formula is C16H27FN2S. The second-order valence-corrected chi connectivity index (χ2v) is 6.15. The van der Waals surface area contributed by atoms with Crippen LogP contribution < -0.4 is 10.6 Å². The minimum atomic E-state index is -0.141. The number of halogens is 1. The molecule has 0 bridgehead atoms. The first-order valence-corrected chi connectivity index (χ1v) is 8.69. The lowest BCUT2D eigenvalue weighted by Crippen LogP contribution is -2.34. The van der Waals surface area contributed by atoms with Crippen LogP contribution >= 0.6 is 11.8 Å². The van der Waals surface area contributed by atoms with Crippen LogP contribution in [0.15, 0.2) is 18.2 Å². The van der Waals surface area contributed by atoms with Gasteiger partial charge in [0.1, 0.15) is 5.82 Å². The molecule has 1 rings (SSSR count). The van der Waals surface area contributed by atoms with E-state index in [4.69, 9.17) is 5.73 Å². The average molecular weight is 298 g/mol. The monoisotopic (exact) mass is 298 g/mol. The van der Waals surface area contributed by atoms with Gasteiger partial charge in [-0.1, -0.05) is 19.9 Å². The molecule has 2 unspecified atom stereocenters. The molecule has 1 aromatic carbocycles. The largest absolute Gasteiger partial charge is 0.370 e. The Morgan fingerprint density at radius 1 is 1.30 bits per heavy atom. The van der Waals surface area contributed by atoms with E-state index in [1.165, 1.54) is 6.07 Å². The van der Waals surface area contributed by atoms with Crippen LogP contribution in [0.1, 0.15) is 32.3 Å². The van der Waals surface area contributed by atoms with Gasteiger partial charge >= 0.3 is 0 Å². The van der Waals surface area contributed by atoms with Gasteiger partial charge in [0.2, 0.25) is 0 Å². The van der Waals surface area contributed by atoms with Crippen LogP contribution in [0.5, 0.6) is 0 Å². The molecule has 0 radical (unpaired) electrons. The van der Waals surface area contributed by atoms with Crippen molar-refractivity contribution in [2.45, 2.75) is 45.2 Å². The Balaban J connectivity index is 3.06. The number of nitrogens with two attached hydrogens (primary N) is 1. The molecule has 1 aromatic rings. The van der Waals surface area contributed by atoms with E-state index in [2.05, 4.69) is 25.1 Å². The van der Waals surface area contributed by atoms with Crippen LogP contribution in [0.4, 0.5) is 10.1 Å². The van der Waals surface area contributed by atoms with Crippen molar-refractivity contribution in [2.24, 2.45) is 5.73 Å². The minimum absolute atomic E-state index is 0.0136. The van der Waals surface area contributed by atoms with Gasteiger partial charge in [-0.2, -0.15) is 11.8 Å². The summed E-state index contributed by atoms with van der Waals surface area (Å²) in [6, 6.07) is 5.76. The molecule has 2 atom stereocenters. The highest BCUT2D eigenvalue weighted by Crippen LogP contribution is 2.27. The van der Waals surface area contributed by atoms with Crippen molar-refractivity contribution >= 4 is 17.4 Å². The van der Waals surface area contributed by atoms with Crippen molar-refractivity contribution in [2.75, 3.05) is 24.0 Å². The quantitative estimate of drug-likeness (QED) is 0.794. The van der Waals surface area contributed by atoms with Crippen LogP contribution in [-0.2, 0) is 6.42 Å². The highest BCUT2D eigenvalue weighted by molar-refractivity contribution is 7.98. The molecule has 2 N–H and O–H groups in total. The second-order valence-electron chi connectivity index (χ2n) is 5.24. The first-order chi connectivity index (χ1) is 9.54. The topological polar surface area (TPSA) is 29.3 Å². The van der Waals surface area contributed by atoms with Gasteiger partial charge in [0, 0.05) is 36.1 Å². The zero-order valence-corrected chi connectivity index (χ0v) is 13.8. The fourth-order valence-corrected chi connectivity index (χ4v) is 3.22. The van der Waals surface area contributed by atoms with Crippen molar-refractivity contribution < 1.29 is 4.39 Å². The molecule has 0 aliphatic heterocycles. The Kier molecular flexibility index (Phi) is 7.38. The third-order valence-corrected chi connectivity index (χ3v) is 4.56. The van der Waals surface area contributed by atoms with E-state index >= 15 is 0 Å². The van der Waals surface area contributed by atoms with E-state index in [1.54, 1.807) is 6.07 Å². The number of hydrogen-bond acceptors (Lipinski definition) is 3. The van der Waals surface area contributed by atoms with Gasteiger partial charge in [-0.05, 0) is 37.7 Å². The van der Waals surface area contributed by atoms with E-state index in [0.29, 0.717) is 12.5 Å². The lowest BCUT2D eigenvalue weighted by molar-refractivity contribution is 0.574. The van der Waals surface area contributed by atoms with Gasteiger partial charge in [0.05, 0.1) is 0 Å². The molecule has 0 fully saturated rings. The van der Waals surface area contributed by atoms with Gasteiger partial charge in [-0.15, -0.1) is 0 Å². The number of anilines is 1. The summed E-state index contributed by atoms with van der Waals surface area (Å²) in [5, 5.41) is 0. The van der Waals surface area contributed by atoms with E-state index in [9.17, 15) is 4.39 Å². The maximum absolute atomic E-state index is 14.2. The van der Waals surface area contributed by atoms with E-state index in [0.717, 1.165) is 29.8 Å². The molecule has 114 valence electrons. The van der Waals surface area contributed by atoms with Gasteiger partial charge in [-0.25, -0.2) is 4.39 Å². The maximum Gasteiger partial charge on any atom is 0.128 e. The summed E-state index contributed by atoms with van der Waals surface area (Å²) < 4.78 is 14.2. The molecule has 0 amide bonds. The third-order valence-electron chi connectivity index (χ3n) is 3.84. The van der Waals surface area contributed by atoms with Crippen LogP contribution in [0.2, 0.25) is 0 Å². The van der Waals surface area contributed by atoms with Gasteiger partial charge in [0.25, 0.3) is 0 Å². The molecule has 0 spiro atoms. The Morgan fingerprint density at radius 2 is 2.00 bits per heavy atom. The van der Waals surface area contributed by atoms with Crippen molar-refractivity contribution in [3.8, 4) is 0 Å². The SMILES string of the molecule is CCC(N)Cc1c(F)cccc1N(C)C(CC)CSC. The molecule has 0 aliphatic carbocycles. The first kappa shape index (κ1) is 17.3. The summed E-state index contributed by atoms with van der Waals surface area (Å²) in [5.74, 6) is 0.903. The van der Waals surface area contributed by atoms with E-state index in [-0.39, 0.29) is 11.9 Å². The van der Waals surface area contributed by atoms with Crippen molar-refractivity contribution in [1.82, 2.24) is 0 Å². The summed E-state index contributed by atoms with van der Waals surface area (Å²) in [5.41, 5.74) is 7.76. The second kappa shape index (κ2) is 8.53. The lowest BCUT2D eigenvalue weighted by atomic mass is 10.0. The van der Waals surface area contributed by atoms with Crippen molar-refractivity contribution in [3.63, 3.8) is 0 Å². The van der Waals surface area contributed by atoms with Crippen LogP contribution in [0, 0.1) is 5.82 Å². The van der Waals surface area contributed by atoms with Crippen LogP contribution in [0.3, 0.4) is 0 Å². The number of benzene rings is 1. The van der Waals surface area contributed by atoms with Gasteiger partial charge in [0.15, 0.2) is 0 Å². The molecule has 20 heavy (non-hydrogen) atoms. The van der Waals surface area contributed by atoms with Gasteiger partial charge < -0.3 is 10.6 Å². The molecule has 4 heteroatoms. The van der Waals surface area contributed by atoms with Crippen molar-refractivity contribution in [1.29, 1.82) is 0 Å². The molecular weight excluding hydrogens is 271 g/mol. The summed E-state index contributed by atoms with van der Waals surface area (Å²) in [7, 11) is 2.06. The molecule has 2 nitrogen and oxygen atoms in total. The molecule has 0 heterocycles. The molecule has 0 saturated carbocycles. The summed E-state index contributed by atoms with van der Waals surface area (Å²) >= 11 is 1.83. The van der Waals surface area contributed by atoms with Crippen LogP contribution in [-0.4, -0.2) is 31.1 Å². The standard InChI is InChI=1S/C16H27FN2S/c1-5-12(18)10-14-15(17)8-7-9-16(14)19(3)13(6-2)11-20-4/h7-9,12-13H,5-6,10-11,18H2,1-4H3. The molecule has 0 saturated heterocycles. The highest BCUT2D eigenvalue weighted by atomic mass is 32.2. The number of nitrogens with zero attached hydrogens (tertiary/aromatic N) is 1. The smallest absolute Gasteiger partial charge is 0.128 e. The Bertz CT molecular complexity index is 411. The Morgan fingerprint density at radius 3 is 2.55 bits per heavy atom. The van der Waals surface area contributed by atoms with E-state index in [1.807, 2.05) is 24.8 Å². The number of rotatable bonds is 8. The zero-order chi connectivity index (χ0) is 15.1. The Labute approximate surface area is 126 Å². The number of thioether (sulfide) groups is 1. The third kappa shape index (κ3) is 4.38. The minimum Gasteiger partial charge on any atom is -0.370 e. The van der Waals surface area contributed by atoms with Gasteiger partial charge in [-0.3, -0.25) is 0 Å². The van der Waals surface area contributed by atoms with Crippen molar-refractivity contribution in [3.05, 3.63) is 29.6 Å². The molecule has 0 aromatic heterocycles. The fraction of sp³-hybridized carbons (Fsp3) is 0.625. The zero-order valence-electron chi connectivity index (χ0n) is 13.0. The summed E-state index contributed by atoms with van der Waals surface area (Å²) in [6.07, 6.45) is 4.61. The predicted molar refractivity (Wildman–Crippen MR) is 89.2 cm³/mol. The molecule has 0 aliphatic rings. The normalized spacial score (nSPS) is 14.1. The van der Waals surface area contributed by atoms with Crippen LogP contribution in [0.25, 0.3) is 0 Å². The fourth-order valence-electron chi connectivity index (χ4n) is 2.38. The summed E-state index contributed by atoms with van der Waals surface area (Å²) in [4.78, 5) is 2.21. The lowest BCUT2D eigenvalue weighted by Gasteiger charge is -2.31.